The van der Waals surface area contributed by atoms with E-state index in [1.54, 1.807) is 0 Å². The predicted molar refractivity (Wildman–Crippen MR) is 43.1 cm³/mol. The molecule has 0 aliphatic heterocycles. The normalized spacial score (nSPS) is 17.1. The second-order valence-electron chi connectivity index (χ2n) is 2.39. The van der Waals surface area contributed by atoms with Crippen molar-refractivity contribution in [3.05, 3.63) is 0 Å². The van der Waals surface area contributed by atoms with Crippen molar-refractivity contribution in [3.8, 4) is 0 Å². The Hall–Kier alpha value is 0.0969. The second-order valence-corrected chi connectivity index (χ2v) is 3.68. The molecule has 2 unspecified atom stereocenters. The summed E-state index contributed by atoms with van der Waals surface area (Å²) in [6.45, 7) is 2.10. The molecule has 2 atom stereocenters. The lowest BCUT2D eigenvalue weighted by atomic mass is 10.4. The molecule has 3 nitrogen and oxygen atoms in total. The molecule has 4 heteroatoms. The lowest BCUT2D eigenvalue weighted by molar-refractivity contribution is -0.00526. The van der Waals surface area contributed by atoms with E-state index >= 15 is 0 Å². The van der Waals surface area contributed by atoms with Crippen LogP contribution in [0.25, 0.3) is 0 Å². The number of hydrogen-bond acceptors (Lipinski definition) is 3. The molecule has 0 aromatic carbocycles. The maximum absolute atomic E-state index is 8.84. The minimum atomic E-state index is -0.706. The van der Waals surface area contributed by atoms with E-state index < -0.39 is 6.10 Å². The first-order chi connectivity index (χ1) is 4.70. The molecule has 0 aromatic rings. The van der Waals surface area contributed by atoms with Crippen molar-refractivity contribution in [2.45, 2.75) is 25.2 Å². The van der Waals surface area contributed by atoms with Crippen LogP contribution in [0.5, 0.6) is 0 Å². The highest BCUT2D eigenvalue weighted by Crippen LogP contribution is 1.93. The number of aliphatic hydroxyl groups excluding tert-OH is 2. The van der Waals surface area contributed by atoms with Gasteiger partial charge in [0.25, 0.3) is 0 Å². The van der Waals surface area contributed by atoms with Gasteiger partial charge in [0.1, 0.15) is 6.10 Å². The minimum absolute atomic E-state index is 0.210. The lowest BCUT2D eigenvalue weighted by Crippen LogP contribution is -2.24. The monoisotopic (exact) mass is 164 g/mol. The Morgan fingerprint density at radius 2 is 2.20 bits per heavy atom. The summed E-state index contributed by atoms with van der Waals surface area (Å²) in [4.78, 5) is 0. The molecule has 62 valence electrons. The van der Waals surface area contributed by atoms with Gasteiger partial charge in [-0.2, -0.15) is 0 Å². The Morgan fingerprint density at radius 3 is 2.60 bits per heavy atom. The summed E-state index contributed by atoms with van der Waals surface area (Å²) >= 11 is 0. The summed E-state index contributed by atoms with van der Waals surface area (Å²) < 4.78 is 5.20. The van der Waals surface area contributed by atoms with Crippen LogP contribution < -0.4 is 0 Å². The molecule has 0 spiro atoms. The Kier molecular flexibility index (Phi) is 5.91. The summed E-state index contributed by atoms with van der Waals surface area (Å²) in [5, 5.41) is 17.2. The Labute approximate surface area is 64.4 Å². The number of hydrogen-bond donors (Lipinski definition) is 2. The predicted octanol–water partition coefficient (Wildman–Crippen LogP) is -1.54. The fourth-order valence-corrected chi connectivity index (χ4v) is 0.638. The molecule has 0 fully saturated rings. The van der Waals surface area contributed by atoms with Gasteiger partial charge in [0.2, 0.25) is 0 Å². The third-order valence-electron chi connectivity index (χ3n) is 1.36. The van der Waals surface area contributed by atoms with Gasteiger partial charge in [0.05, 0.1) is 13.2 Å². The molecule has 2 N–H and O–H groups in total. The van der Waals surface area contributed by atoms with Crippen LogP contribution in [-0.4, -0.2) is 45.5 Å². The van der Waals surface area contributed by atoms with Crippen molar-refractivity contribution >= 4 is 10.2 Å². The molecular formula is C6H16O3Si. The molecule has 0 saturated heterocycles. The molecule has 0 saturated carbocycles. The average molecular weight is 164 g/mol. The fraction of sp³-hybridized carbons (Fsp3) is 1.00. The molecular weight excluding hydrogens is 148 g/mol. The summed E-state index contributed by atoms with van der Waals surface area (Å²) in [6.07, 6.45) is 0.285. The molecule has 0 aliphatic rings. The zero-order valence-electron chi connectivity index (χ0n) is 6.58. The zero-order chi connectivity index (χ0) is 7.98. The maximum Gasteiger partial charge on any atom is 0.100 e. The number of aliphatic hydroxyl groups is 2. The van der Waals surface area contributed by atoms with Gasteiger partial charge in [-0.25, -0.2) is 0 Å². The first kappa shape index (κ1) is 10.1. The SMILES string of the molecule is CCC([SiH3])OCC(O)CO. The van der Waals surface area contributed by atoms with E-state index in [-0.39, 0.29) is 13.2 Å². The quantitative estimate of drug-likeness (QED) is 0.484. The molecule has 0 rings (SSSR count). The highest BCUT2D eigenvalue weighted by atomic mass is 28.1. The standard InChI is InChI=1S/C6H16O3Si/c1-2-6(10)9-4-5(8)3-7/h5-8H,2-4H2,1,10H3. The maximum atomic E-state index is 8.84. The Bertz CT molecular complexity index is 69.4. The van der Waals surface area contributed by atoms with Crippen LogP contribution >= 0.6 is 0 Å². The van der Waals surface area contributed by atoms with E-state index in [0.29, 0.717) is 5.73 Å². The van der Waals surface area contributed by atoms with Gasteiger partial charge in [-0.1, -0.05) is 6.92 Å². The summed E-state index contributed by atoms with van der Waals surface area (Å²) in [5.41, 5.74) is 0.307. The van der Waals surface area contributed by atoms with Gasteiger partial charge in [0, 0.05) is 16.0 Å². The molecule has 0 radical (unpaired) electrons. The van der Waals surface area contributed by atoms with Gasteiger partial charge >= 0.3 is 0 Å². The molecule has 0 aromatic heterocycles. The van der Waals surface area contributed by atoms with Crippen LogP contribution in [0.4, 0.5) is 0 Å². The molecule has 0 aliphatic carbocycles. The lowest BCUT2D eigenvalue weighted by Gasteiger charge is -2.12. The van der Waals surface area contributed by atoms with Crippen molar-refractivity contribution in [2.75, 3.05) is 13.2 Å². The summed E-state index contributed by atoms with van der Waals surface area (Å²) in [5.74, 6) is 0. The van der Waals surface area contributed by atoms with Crippen LogP contribution in [0.15, 0.2) is 0 Å². The van der Waals surface area contributed by atoms with Crippen LogP contribution in [0.1, 0.15) is 13.3 Å². The Balaban J connectivity index is 3.17. The molecule has 0 heterocycles. The first-order valence-corrected chi connectivity index (χ1v) is 4.76. The van der Waals surface area contributed by atoms with E-state index in [0.717, 1.165) is 16.7 Å². The van der Waals surface area contributed by atoms with Gasteiger partial charge in [-0.3, -0.25) is 0 Å². The van der Waals surface area contributed by atoms with Crippen molar-refractivity contribution < 1.29 is 14.9 Å². The van der Waals surface area contributed by atoms with Crippen LogP contribution in [0, 0.1) is 0 Å². The van der Waals surface area contributed by atoms with Gasteiger partial charge in [-0.05, 0) is 6.42 Å². The number of rotatable bonds is 5. The van der Waals surface area contributed by atoms with Crippen LogP contribution in [-0.2, 0) is 4.74 Å². The second kappa shape index (κ2) is 5.85. The number of ether oxygens (including phenoxy) is 1. The molecule has 0 bridgehead atoms. The zero-order valence-corrected chi connectivity index (χ0v) is 8.58. The largest absolute Gasteiger partial charge is 0.394 e. The summed E-state index contributed by atoms with van der Waals surface area (Å²) in [7, 11) is 0.983. The summed E-state index contributed by atoms with van der Waals surface area (Å²) in [6, 6.07) is 0. The van der Waals surface area contributed by atoms with Gasteiger partial charge in [0.15, 0.2) is 0 Å². The highest BCUT2D eigenvalue weighted by Gasteiger charge is 2.04. The highest BCUT2D eigenvalue weighted by molar-refractivity contribution is 6.10. The van der Waals surface area contributed by atoms with Crippen molar-refractivity contribution in [3.63, 3.8) is 0 Å². The third kappa shape index (κ3) is 4.93. The third-order valence-corrected chi connectivity index (χ3v) is 2.51. The van der Waals surface area contributed by atoms with E-state index in [1.807, 2.05) is 6.92 Å². The van der Waals surface area contributed by atoms with Crippen molar-refractivity contribution in [2.24, 2.45) is 0 Å². The topological polar surface area (TPSA) is 49.7 Å². The van der Waals surface area contributed by atoms with Gasteiger partial charge < -0.3 is 14.9 Å². The Morgan fingerprint density at radius 1 is 1.60 bits per heavy atom. The van der Waals surface area contributed by atoms with E-state index in [9.17, 15) is 0 Å². The minimum Gasteiger partial charge on any atom is -0.394 e. The smallest absolute Gasteiger partial charge is 0.100 e. The fourth-order valence-electron chi connectivity index (χ4n) is 0.446. The first-order valence-electron chi connectivity index (χ1n) is 3.61. The van der Waals surface area contributed by atoms with Crippen molar-refractivity contribution in [1.82, 2.24) is 0 Å². The van der Waals surface area contributed by atoms with Crippen LogP contribution in [0.3, 0.4) is 0 Å². The van der Waals surface area contributed by atoms with E-state index in [1.165, 1.54) is 0 Å². The van der Waals surface area contributed by atoms with E-state index in [2.05, 4.69) is 0 Å². The molecule has 0 amide bonds. The molecule has 10 heavy (non-hydrogen) atoms. The van der Waals surface area contributed by atoms with Gasteiger partial charge in [-0.15, -0.1) is 0 Å². The van der Waals surface area contributed by atoms with Crippen LogP contribution in [0.2, 0.25) is 0 Å². The van der Waals surface area contributed by atoms with E-state index in [4.69, 9.17) is 14.9 Å². The van der Waals surface area contributed by atoms with Crippen molar-refractivity contribution in [1.29, 1.82) is 0 Å². The average Bonchev–Trinajstić information content (AvgIpc) is 1.99.